The molecule has 110 heavy (non-hydrogen) atoms. The molecule has 0 unspecified atom stereocenters. The second-order valence-corrected chi connectivity index (χ2v) is 23.7. The minimum Gasteiger partial charge on any atom is -0.512 e. The van der Waals surface area contributed by atoms with Gasteiger partial charge < -0.3 is 30.0 Å². The zero-order valence-electron chi connectivity index (χ0n) is 65.7. The molecule has 0 amide bonds. The van der Waals surface area contributed by atoms with Crippen LogP contribution in [-0.2, 0) is 85.2 Å². The van der Waals surface area contributed by atoms with Crippen molar-refractivity contribution in [2.45, 2.75) is 34.6 Å². The van der Waals surface area contributed by atoms with Gasteiger partial charge in [-0.1, -0.05) is 195 Å². The van der Waals surface area contributed by atoms with Gasteiger partial charge in [0.25, 0.3) is 0 Å². The Labute approximate surface area is 708 Å². The minimum absolute atomic E-state index is 0. The molecule has 4 radical (unpaired) electrons. The van der Waals surface area contributed by atoms with Gasteiger partial charge in [0.2, 0.25) is 0 Å². The first kappa shape index (κ1) is 79.9. The van der Waals surface area contributed by atoms with Crippen molar-refractivity contribution < 1.29 is 97.2 Å². The molecule has 0 aliphatic rings. The third kappa shape index (κ3) is 28.8. The van der Waals surface area contributed by atoms with Gasteiger partial charge in [0, 0.05) is 135 Å². The molecule has 9 nitrogen and oxygen atoms in total. The number of benzene rings is 9. The molecular formula is C97H78Ir4N7O2-5. The number of aromatic nitrogens is 7. The van der Waals surface area contributed by atoms with Crippen LogP contribution in [0.25, 0.3) is 112 Å². The van der Waals surface area contributed by atoms with Crippen LogP contribution in [-0.4, -0.2) is 45.8 Å². The van der Waals surface area contributed by atoms with Crippen LogP contribution < -0.4 is 0 Å². The standard InChI is InChI=1S/C19H16N.2C17H12N.C16H12N2.C12H10N.C11H8N.C5H8O2.4Ir/c1-14-10-15(2)12-18(11-14)19-9-8-17(13-20-19)16-6-4-3-5-7-16;2*1-3-7-14(8-4-1)16-11-12-18-17(13-16)15-9-5-2-6-10-15;1-2-6-13(7-3-1)14-9-10-16(18-12-14)15-8-4-5-11-17-15;1-10-6-5-9-13-12(10)11-7-3-2-4-8-11;1-2-6-10(7-3-1)11-8-4-5-9-12-11;1-4(6)3-5(2)7;;;;/h3-11,13H,1-2H3;2*1-9,11-13H;1-12H;2-7,9H,1H3;1-6,8-9H;3,6H,1-2H3;;;;/q3*-1;;2*-1;;;;;/i;;;1D,2D,3D,6D,7D;;;;;;;. The number of nitrogens with zero attached hydrogens (tertiary/aromatic N) is 7. The van der Waals surface area contributed by atoms with Crippen molar-refractivity contribution >= 4 is 5.78 Å². The summed E-state index contributed by atoms with van der Waals surface area (Å²) in [5, 5.41) is 8.36. The first-order valence-corrected chi connectivity index (χ1v) is 34.2. The molecule has 16 aromatic rings. The van der Waals surface area contributed by atoms with Crippen molar-refractivity contribution in [3.05, 3.63) is 430 Å². The molecule has 7 heterocycles. The molecule has 9 aromatic carbocycles. The van der Waals surface area contributed by atoms with E-state index < -0.39 is 6.04 Å². The number of carbonyl (C=O) groups is 1. The maximum absolute atomic E-state index is 10.0. The first-order valence-electron chi connectivity index (χ1n) is 36.7. The van der Waals surface area contributed by atoms with Gasteiger partial charge in [-0.15, -0.1) is 178 Å². The summed E-state index contributed by atoms with van der Waals surface area (Å²) in [6, 6.07) is 112. The molecule has 1 N–H and O–H groups in total. The van der Waals surface area contributed by atoms with Crippen LogP contribution in [0.1, 0.15) is 37.4 Å². The van der Waals surface area contributed by atoms with Gasteiger partial charge in [-0.2, -0.15) is 0 Å². The average molecular weight is 2150 g/mol. The fourth-order valence-electron chi connectivity index (χ4n) is 10.5. The SMILES string of the molecule is CC(=O)C=C(C)O.Cc1[c-]c(-c2ccc(-c3ccccc3)cn2)cc(C)c1.Cc1cccnc1-c1[c-]cccc1.[2H]c1c([2H])c([2H])c(-c2ccc(-c3ccccn3)nc2)c([2H])c1[2H].[Ir].[Ir].[Ir].[Ir].[c-]1ccccc1-c1cc(-c2ccccc2)ccn1.[c-]1ccccc1-c1cc(-c2ccccc2)ccn1.[c-]1ccccc1-c1ccccn1. The topological polar surface area (TPSA) is 128 Å². The number of allylic oxidation sites excluding steroid dienone is 2. The Bertz CT molecular complexity index is 5280. The molecule has 554 valence electrons. The Kier molecular flexibility index (Phi) is 35.1. The Morgan fingerprint density at radius 3 is 1.15 bits per heavy atom. The number of carbonyl (C=O) groups excluding carboxylic acids is 1. The van der Waals surface area contributed by atoms with Gasteiger partial charge in [0.05, 0.1) is 24.0 Å². The van der Waals surface area contributed by atoms with E-state index in [2.05, 4.69) is 165 Å². The quantitative estimate of drug-likeness (QED) is 0.0765. The van der Waals surface area contributed by atoms with Gasteiger partial charge >= 0.3 is 0 Å². The average Bonchev–Trinajstić information content (AvgIpc) is 0.776. The Morgan fingerprint density at radius 2 is 0.736 bits per heavy atom. The minimum atomic E-state index is -0.401. The van der Waals surface area contributed by atoms with Gasteiger partial charge in [0.15, 0.2) is 5.78 Å². The molecule has 0 aliphatic carbocycles. The van der Waals surface area contributed by atoms with E-state index in [1.165, 1.54) is 65.1 Å². The molecule has 0 atom stereocenters. The van der Waals surface area contributed by atoms with Crippen LogP contribution in [0.3, 0.4) is 0 Å². The van der Waals surface area contributed by atoms with E-state index in [0.29, 0.717) is 17.0 Å². The van der Waals surface area contributed by atoms with E-state index in [0.717, 1.165) is 67.4 Å². The summed E-state index contributed by atoms with van der Waals surface area (Å²) in [6.07, 6.45) is 13.5. The summed E-state index contributed by atoms with van der Waals surface area (Å²) in [6.45, 7) is 9.07. The van der Waals surface area contributed by atoms with E-state index in [-0.39, 0.29) is 122 Å². The molecule has 0 saturated heterocycles. The summed E-state index contributed by atoms with van der Waals surface area (Å²) < 4.78 is 39.0. The predicted octanol–water partition coefficient (Wildman–Crippen LogP) is 23.5. The molecule has 7 aromatic heterocycles. The van der Waals surface area contributed by atoms with Crippen molar-refractivity contribution in [1.29, 1.82) is 0 Å². The Morgan fingerprint density at radius 1 is 0.336 bits per heavy atom. The Hall–Kier alpha value is -11.2. The van der Waals surface area contributed by atoms with E-state index in [1.807, 2.05) is 231 Å². The number of hydrogen-bond acceptors (Lipinski definition) is 9. The normalized spacial score (nSPS) is 10.5. The number of pyridine rings is 7. The molecule has 0 aliphatic heterocycles. The van der Waals surface area contributed by atoms with Crippen molar-refractivity contribution in [3.63, 3.8) is 0 Å². The Balaban J connectivity index is 0.000000212. The van der Waals surface area contributed by atoms with Crippen molar-refractivity contribution in [2.24, 2.45) is 0 Å². The summed E-state index contributed by atoms with van der Waals surface area (Å²) in [7, 11) is 0. The van der Waals surface area contributed by atoms with E-state index in [9.17, 15) is 4.79 Å². The fourth-order valence-corrected chi connectivity index (χ4v) is 10.5. The maximum atomic E-state index is 10.0. The number of rotatable bonds is 11. The van der Waals surface area contributed by atoms with Crippen LogP contribution in [0.2, 0.25) is 0 Å². The third-order valence-electron chi connectivity index (χ3n) is 15.5. The summed E-state index contributed by atoms with van der Waals surface area (Å²) >= 11 is 0. The third-order valence-corrected chi connectivity index (χ3v) is 15.5. The second-order valence-electron chi connectivity index (χ2n) is 23.7. The number of aliphatic hydroxyl groups is 1. The predicted molar refractivity (Wildman–Crippen MR) is 433 cm³/mol. The molecule has 0 saturated carbocycles. The molecule has 13 heteroatoms. The largest absolute Gasteiger partial charge is 0.512 e. The monoisotopic (exact) mass is 2150 g/mol. The molecule has 0 fully saturated rings. The molecule has 16 rings (SSSR count). The zero-order valence-corrected chi connectivity index (χ0v) is 70.3. The zero-order chi connectivity index (χ0) is 78.1. The van der Waals surface area contributed by atoms with Crippen LogP contribution in [0.15, 0.2) is 383 Å². The summed E-state index contributed by atoms with van der Waals surface area (Å²) in [5.74, 6) is -0.0625. The van der Waals surface area contributed by atoms with Gasteiger partial charge in [-0.25, -0.2) is 0 Å². The van der Waals surface area contributed by atoms with Gasteiger partial charge in [-0.3, -0.25) is 14.8 Å². The van der Waals surface area contributed by atoms with Crippen molar-refractivity contribution in [1.82, 2.24) is 34.9 Å². The molecular weight excluding hydrogens is 2060 g/mol. The van der Waals surface area contributed by atoms with Crippen LogP contribution in [0, 0.1) is 51.1 Å². The van der Waals surface area contributed by atoms with Crippen LogP contribution in [0.5, 0.6) is 0 Å². The van der Waals surface area contributed by atoms with E-state index in [4.69, 9.17) is 12.0 Å². The molecule has 0 bridgehead atoms. The first-order chi connectivity index (χ1) is 54.1. The smallest absolute Gasteiger partial charge is 0.155 e. The van der Waals surface area contributed by atoms with E-state index >= 15 is 0 Å². The van der Waals surface area contributed by atoms with Gasteiger partial charge in [-0.05, 0) is 131 Å². The summed E-state index contributed by atoms with van der Waals surface area (Å²) in [5.41, 5.74) is 22.7. The fraction of sp³-hybridized carbons (Fsp3) is 0.0515. The number of hydrogen-bond donors (Lipinski definition) is 1. The van der Waals surface area contributed by atoms with Crippen molar-refractivity contribution in [2.75, 3.05) is 0 Å². The van der Waals surface area contributed by atoms with Crippen molar-refractivity contribution in [3.8, 4) is 112 Å². The maximum Gasteiger partial charge on any atom is 0.155 e. The number of aryl methyl sites for hydroxylation is 3. The van der Waals surface area contributed by atoms with Crippen LogP contribution in [0.4, 0.5) is 0 Å². The molecule has 0 spiro atoms. The van der Waals surface area contributed by atoms with Gasteiger partial charge in [0.1, 0.15) is 0 Å². The van der Waals surface area contributed by atoms with E-state index in [1.54, 1.807) is 24.5 Å². The van der Waals surface area contributed by atoms with Crippen LogP contribution >= 0.6 is 0 Å². The number of aliphatic hydroxyl groups excluding tert-OH is 1. The summed E-state index contributed by atoms with van der Waals surface area (Å²) in [4.78, 5) is 40.4. The second kappa shape index (κ2) is 48.3. The number of ketones is 1.